The number of hydrogen-bond acceptors (Lipinski definition) is 3. The van der Waals surface area contributed by atoms with E-state index in [1.807, 2.05) is 30.3 Å². The molecule has 0 atom stereocenters. The topological polar surface area (TPSA) is 68.9 Å². The SMILES string of the molecule is NC(=O)c1ccc(-c2cc3cccnc3cn2)cc1. The fourth-order valence-electron chi connectivity index (χ4n) is 1.94. The second-order valence-electron chi connectivity index (χ2n) is 4.21. The van der Waals surface area contributed by atoms with Crippen molar-refractivity contribution >= 4 is 16.8 Å². The van der Waals surface area contributed by atoms with Gasteiger partial charge >= 0.3 is 0 Å². The Hall–Kier alpha value is -2.75. The molecule has 0 aliphatic heterocycles. The van der Waals surface area contributed by atoms with Gasteiger partial charge in [-0.1, -0.05) is 18.2 Å². The van der Waals surface area contributed by atoms with Gasteiger partial charge in [0.05, 0.1) is 17.4 Å². The molecule has 19 heavy (non-hydrogen) atoms. The molecule has 0 aliphatic carbocycles. The standard InChI is InChI=1S/C15H11N3O/c16-15(19)11-5-3-10(4-6-11)13-8-12-2-1-7-17-14(12)9-18-13/h1-9H,(H2,16,19). The fourth-order valence-corrected chi connectivity index (χ4v) is 1.94. The molecule has 3 rings (SSSR count). The fraction of sp³-hybridized carbons (Fsp3) is 0. The molecule has 2 aromatic heterocycles. The smallest absolute Gasteiger partial charge is 0.248 e. The molecule has 0 fully saturated rings. The highest BCUT2D eigenvalue weighted by Gasteiger charge is 2.04. The van der Waals surface area contributed by atoms with Crippen LogP contribution in [-0.4, -0.2) is 15.9 Å². The van der Waals surface area contributed by atoms with Crippen molar-refractivity contribution in [2.75, 3.05) is 0 Å². The minimum atomic E-state index is -0.428. The first-order chi connectivity index (χ1) is 9.24. The molecule has 4 heteroatoms. The lowest BCUT2D eigenvalue weighted by Gasteiger charge is -2.03. The van der Waals surface area contributed by atoms with Gasteiger partial charge in [0.2, 0.25) is 5.91 Å². The van der Waals surface area contributed by atoms with Crippen LogP contribution in [0.3, 0.4) is 0 Å². The van der Waals surface area contributed by atoms with Crippen molar-refractivity contribution in [2.45, 2.75) is 0 Å². The number of aromatic nitrogens is 2. The Kier molecular flexibility index (Phi) is 2.68. The summed E-state index contributed by atoms with van der Waals surface area (Å²) in [7, 11) is 0. The Morgan fingerprint density at radius 3 is 2.58 bits per heavy atom. The van der Waals surface area contributed by atoms with Gasteiger partial charge in [-0.15, -0.1) is 0 Å². The van der Waals surface area contributed by atoms with E-state index in [4.69, 9.17) is 5.73 Å². The first-order valence-electron chi connectivity index (χ1n) is 5.85. The van der Waals surface area contributed by atoms with E-state index in [1.165, 1.54) is 0 Å². The van der Waals surface area contributed by atoms with Gasteiger partial charge < -0.3 is 5.73 Å². The Morgan fingerprint density at radius 1 is 1.05 bits per heavy atom. The number of carbonyl (C=O) groups is 1. The predicted molar refractivity (Wildman–Crippen MR) is 73.5 cm³/mol. The van der Waals surface area contributed by atoms with Gasteiger partial charge in [0.15, 0.2) is 0 Å². The van der Waals surface area contributed by atoms with Crippen LogP contribution < -0.4 is 5.73 Å². The number of nitrogens with zero attached hydrogens (tertiary/aromatic N) is 2. The van der Waals surface area contributed by atoms with Gasteiger partial charge in [0, 0.05) is 22.7 Å². The zero-order valence-electron chi connectivity index (χ0n) is 10.1. The first-order valence-corrected chi connectivity index (χ1v) is 5.85. The summed E-state index contributed by atoms with van der Waals surface area (Å²) in [6.45, 7) is 0. The summed E-state index contributed by atoms with van der Waals surface area (Å²) in [5, 5.41) is 1.03. The summed E-state index contributed by atoms with van der Waals surface area (Å²) in [5.41, 5.74) is 8.35. The number of amides is 1. The number of pyridine rings is 2. The monoisotopic (exact) mass is 249 g/mol. The van der Waals surface area contributed by atoms with Crippen LogP contribution in [0.15, 0.2) is 54.9 Å². The maximum absolute atomic E-state index is 11.0. The molecule has 0 bridgehead atoms. The lowest BCUT2D eigenvalue weighted by molar-refractivity contribution is 0.100. The number of primary amides is 1. The van der Waals surface area contributed by atoms with E-state index in [9.17, 15) is 4.79 Å². The molecule has 0 unspecified atom stereocenters. The second kappa shape index (κ2) is 4.49. The number of rotatable bonds is 2. The van der Waals surface area contributed by atoms with Crippen molar-refractivity contribution in [3.05, 3.63) is 60.4 Å². The number of nitrogens with two attached hydrogens (primary N) is 1. The molecule has 0 spiro atoms. The van der Waals surface area contributed by atoms with E-state index in [1.54, 1.807) is 24.5 Å². The van der Waals surface area contributed by atoms with Crippen molar-refractivity contribution in [2.24, 2.45) is 5.73 Å². The molecular formula is C15H11N3O. The van der Waals surface area contributed by atoms with Crippen LogP contribution in [0.5, 0.6) is 0 Å². The highest BCUT2D eigenvalue weighted by atomic mass is 16.1. The Balaban J connectivity index is 2.06. The normalized spacial score (nSPS) is 10.5. The molecule has 1 amide bonds. The van der Waals surface area contributed by atoms with Crippen LogP contribution in [0.4, 0.5) is 0 Å². The zero-order valence-corrected chi connectivity index (χ0v) is 10.1. The summed E-state index contributed by atoms with van der Waals surface area (Å²) in [6, 6.07) is 12.9. The van der Waals surface area contributed by atoms with E-state index in [-0.39, 0.29) is 0 Å². The summed E-state index contributed by atoms with van der Waals surface area (Å²) in [6.07, 6.45) is 3.48. The van der Waals surface area contributed by atoms with Crippen LogP contribution in [0, 0.1) is 0 Å². The van der Waals surface area contributed by atoms with Crippen LogP contribution in [-0.2, 0) is 0 Å². The van der Waals surface area contributed by atoms with Gasteiger partial charge in [-0.25, -0.2) is 0 Å². The third-order valence-corrected chi connectivity index (χ3v) is 2.95. The molecule has 92 valence electrons. The lowest BCUT2D eigenvalue weighted by atomic mass is 10.1. The summed E-state index contributed by atoms with van der Waals surface area (Å²) >= 11 is 0. The van der Waals surface area contributed by atoms with Crippen molar-refractivity contribution in [3.63, 3.8) is 0 Å². The lowest BCUT2D eigenvalue weighted by Crippen LogP contribution is -2.10. The van der Waals surface area contributed by atoms with Crippen molar-refractivity contribution in [1.82, 2.24) is 9.97 Å². The summed E-state index contributed by atoms with van der Waals surface area (Å²) < 4.78 is 0. The molecule has 1 aromatic carbocycles. The molecule has 0 radical (unpaired) electrons. The minimum absolute atomic E-state index is 0.428. The predicted octanol–water partition coefficient (Wildman–Crippen LogP) is 2.40. The van der Waals surface area contributed by atoms with Crippen molar-refractivity contribution < 1.29 is 4.79 Å². The number of hydrogen-bond donors (Lipinski definition) is 1. The molecule has 0 saturated carbocycles. The van der Waals surface area contributed by atoms with E-state index in [0.29, 0.717) is 5.56 Å². The second-order valence-corrected chi connectivity index (χ2v) is 4.21. The summed E-state index contributed by atoms with van der Waals surface area (Å²) in [4.78, 5) is 19.6. The molecule has 2 N–H and O–H groups in total. The van der Waals surface area contributed by atoms with Crippen LogP contribution in [0.25, 0.3) is 22.2 Å². The van der Waals surface area contributed by atoms with Crippen molar-refractivity contribution in [1.29, 1.82) is 0 Å². The Bertz CT molecular complexity index is 751. The third-order valence-electron chi connectivity index (χ3n) is 2.95. The average molecular weight is 249 g/mol. The molecule has 0 saturated heterocycles. The van der Waals surface area contributed by atoms with Crippen LogP contribution in [0.2, 0.25) is 0 Å². The zero-order chi connectivity index (χ0) is 13.2. The number of fused-ring (bicyclic) bond motifs is 1. The minimum Gasteiger partial charge on any atom is -0.366 e. The summed E-state index contributed by atoms with van der Waals surface area (Å²) in [5.74, 6) is -0.428. The molecule has 3 aromatic rings. The highest BCUT2D eigenvalue weighted by Crippen LogP contribution is 2.21. The van der Waals surface area contributed by atoms with Gasteiger partial charge in [-0.3, -0.25) is 14.8 Å². The molecule has 4 nitrogen and oxygen atoms in total. The van der Waals surface area contributed by atoms with Gasteiger partial charge in [-0.05, 0) is 24.3 Å². The van der Waals surface area contributed by atoms with E-state index >= 15 is 0 Å². The Morgan fingerprint density at radius 2 is 1.84 bits per heavy atom. The van der Waals surface area contributed by atoms with Gasteiger partial charge in [0.25, 0.3) is 0 Å². The molecule has 0 aliphatic rings. The van der Waals surface area contributed by atoms with Crippen LogP contribution >= 0.6 is 0 Å². The van der Waals surface area contributed by atoms with Gasteiger partial charge in [-0.2, -0.15) is 0 Å². The molecular weight excluding hydrogens is 238 g/mol. The number of benzene rings is 1. The van der Waals surface area contributed by atoms with E-state index in [2.05, 4.69) is 9.97 Å². The quantitative estimate of drug-likeness (QED) is 0.758. The molecule has 2 heterocycles. The Labute approximate surface area is 109 Å². The van der Waals surface area contributed by atoms with Crippen molar-refractivity contribution in [3.8, 4) is 11.3 Å². The maximum atomic E-state index is 11.0. The first kappa shape index (κ1) is 11.3. The average Bonchev–Trinajstić information content (AvgIpc) is 2.47. The van der Waals surface area contributed by atoms with E-state index in [0.717, 1.165) is 22.2 Å². The largest absolute Gasteiger partial charge is 0.366 e. The van der Waals surface area contributed by atoms with E-state index < -0.39 is 5.91 Å². The van der Waals surface area contributed by atoms with Crippen LogP contribution in [0.1, 0.15) is 10.4 Å². The van der Waals surface area contributed by atoms with Gasteiger partial charge in [0.1, 0.15) is 0 Å². The number of carbonyl (C=O) groups excluding carboxylic acids is 1. The maximum Gasteiger partial charge on any atom is 0.248 e. The highest BCUT2D eigenvalue weighted by molar-refractivity contribution is 5.93. The third kappa shape index (κ3) is 2.15.